The van der Waals surface area contributed by atoms with Gasteiger partial charge in [0.1, 0.15) is 0 Å². The molecule has 2 aromatic rings. The fourth-order valence-corrected chi connectivity index (χ4v) is 3.07. The summed E-state index contributed by atoms with van der Waals surface area (Å²) in [6, 6.07) is 8.16. The SMILES string of the molecule is CC(C)n1nc(C(=O)NCCN2CCCC2)c2ccccc21.Cl. The van der Waals surface area contributed by atoms with E-state index in [2.05, 4.69) is 29.2 Å². The summed E-state index contributed by atoms with van der Waals surface area (Å²) in [4.78, 5) is 14.9. The maximum absolute atomic E-state index is 12.5. The maximum atomic E-state index is 12.5. The second kappa shape index (κ2) is 7.79. The van der Waals surface area contributed by atoms with Gasteiger partial charge in [0, 0.05) is 24.5 Å². The number of para-hydroxylation sites is 1. The van der Waals surface area contributed by atoms with E-state index in [4.69, 9.17) is 0 Å². The second-order valence-electron chi connectivity index (χ2n) is 6.21. The molecule has 1 N–H and O–H groups in total. The number of aromatic nitrogens is 2. The van der Waals surface area contributed by atoms with Crippen molar-refractivity contribution < 1.29 is 4.79 Å². The fraction of sp³-hybridized carbons (Fsp3) is 0.529. The van der Waals surface area contributed by atoms with Crippen LogP contribution in [0, 0.1) is 0 Å². The Kier molecular flexibility index (Phi) is 6.02. The third-order valence-corrected chi connectivity index (χ3v) is 4.23. The van der Waals surface area contributed by atoms with E-state index < -0.39 is 0 Å². The fourth-order valence-electron chi connectivity index (χ4n) is 3.07. The van der Waals surface area contributed by atoms with Crippen LogP contribution in [0.25, 0.3) is 10.9 Å². The standard InChI is InChI=1S/C17H24N4O.ClH/c1-13(2)21-15-8-4-3-7-14(15)16(19-21)17(22)18-9-12-20-10-5-6-11-20;/h3-4,7-8,13H,5-6,9-12H2,1-2H3,(H,18,22);1H. The van der Waals surface area contributed by atoms with E-state index in [0.29, 0.717) is 12.2 Å². The van der Waals surface area contributed by atoms with Crippen LogP contribution in [0.1, 0.15) is 43.2 Å². The molecule has 0 bridgehead atoms. The van der Waals surface area contributed by atoms with Crippen molar-refractivity contribution in [2.75, 3.05) is 26.2 Å². The van der Waals surface area contributed by atoms with Gasteiger partial charge in [-0.3, -0.25) is 9.48 Å². The van der Waals surface area contributed by atoms with Crippen molar-refractivity contribution in [2.45, 2.75) is 32.7 Å². The molecule has 0 spiro atoms. The first-order valence-electron chi connectivity index (χ1n) is 8.14. The lowest BCUT2D eigenvalue weighted by atomic mass is 10.2. The van der Waals surface area contributed by atoms with E-state index in [1.54, 1.807) is 0 Å². The van der Waals surface area contributed by atoms with Gasteiger partial charge < -0.3 is 10.2 Å². The highest BCUT2D eigenvalue weighted by molar-refractivity contribution is 6.04. The molecule has 1 aliphatic heterocycles. The number of benzene rings is 1. The largest absolute Gasteiger partial charge is 0.349 e. The maximum Gasteiger partial charge on any atom is 0.272 e. The van der Waals surface area contributed by atoms with Crippen molar-refractivity contribution in [3.8, 4) is 0 Å². The average molecular weight is 337 g/mol. The van der Waals surface area contributed by atoms with Crippen LogP contribution in [0.4, 0.5) is 0 Å². The number of nitrogens with one attached hydrogen (secondary N) is 1. The number of halogens is 1. The van der Waals surface area contributed by atoms with Gasteiger partial charge in [0.05, 0.1) is 5.52 Å². The summed E-state index contributed by atoms with van der Waals surface area (Å²) >= 11 is 0. The molecule has 1 aromatic heterocycles. The van der Waals surface area contributed by atoms with Gasteiger partial charge in [0.2, 0.25) is 0 Å². The van der Waals surface area contributed by atoms with Crippen molar-refractivity contribution in [2.24, 2.45) is 0 Å². The van der Waals surface area contributed by atoms with E-state index in [1.807, 2.05) is 28.9 Å². The van der Waals surface area contributed by atoms with Crippen molar-refractivity contribution in [3.05, 3.63) is 30.0 Å². The molecule has 0 radical (unpaired) electrons. The van der Waals surface area contributed by atoms with Crippen LogP contribution in [0.15, 0.2) is 24.3 Å². The van der Waals surface area contributed by atoms with Crippen LogP contribution in [-0.4, -0.2) is 46.8 Å². The van der Waals surface area contributed by atoms with Gasteiger partial charge in [-0.25, -0.2) is 0 Å². The van der Waals surface area contributed by atoms with Crippen molar-refractivity contribution >= 4 is 29.2 Å². The van der Waals surface area contributed by atoms with Gasteiger partial charge >= 0.3 is 0 Å². The lowest BCUT2D eigenvalue weighted by Gasteiger charge is -2.14. The Hall–Kier alpha value is -1.59. The number of carbonyl (C=O) groups is 1. The van der Waals surface area contributed by atoms with Gasteiger partial charge in [-0.2, -0.15) is 5.10 Å². The Labute approximate surface area is 143 Å². The number of rotatable bonds is 5. The minimum atomic E-state index is -0.0743. The van der Waals surface area contributed by atoms with E-state index >= 15 is 0 Å². The Morgan fingerprint density at radius 2 is 1.96 bits per heavy atom. The molecular weight excluding hydrogens is 312 g/mol. The van der Waals surface area contributed by atoms with Crippen molar-refractivity contribution in [1.82, 2.24) is 20.0 Å². The summed E-state index contributed by atoms with van der Waals surface area (Å²) in [5.74, 6) is -0.0743. The summed E-state index contributed by atoms with van der Waals surface area (Å²) in [6.45, 7) is 8.07. The van der Waals surface area contributed by atoms with Gasteiger partial charge in [0.15, 0.2) is 5.69 Å². The number of fused-ring (bicyclic) bond motifs is 1. The van der Waals surface area contributed by atoms with Crippen molar-refractivity contribution in [1.29, 1.82) is 0 Å². The molecule has 1 amide bonds. The highest BCUT2D eigenvalue weighted by Crippen LogP contribution is 2.21. The summed E-state index contributed by atoms with van der Waals surface area (Å²) in [5.41, 5.74) is 1.55. The Balaban J connectivity index is 0.00000192. The highest BCUT2D eigenvalue weighted by Gasteiger charge is 2.18. The average Bonchev–Trinajstić information content (AvgIpc) is 3.14. The highest BCUT2D eigenvalue weighted by atomic mass is 35.5. The molecule has 5 nitrogen and oxygen atoms in total. The van der Waals surface area contributed by atoms with E-state index in [1.165, 1.54) is 12.8 Å². The first kappa shape index (κ1) is 17.8. The Morgan fingerprint density at radius 1 is 1.26 bits per heavy atom. The molecule has 0 aliphatic carbocycles. The predicted octanol–water partition coefficient (Wildman–Crippen LogP) is 2.86. The second-order valence-corrected chi connectivity index (χ2v) is 6.21. The zero-order chi connectivity index (χ0) is 15.5. The van der Waals surface area contributed by atoms with Gasteiger partial charge in [0.25, 0.3) is 5.91 Å². The monoisotopic (exact) mass is 336 g/mol. The summed E-state index contributed by atoms with van der Waals surface area (Å²) in [7, 11) is 0. The predicted molar refractivity (Wildman–Crippen MR) is 95.4 cm³/mol. The third kappa shape index (κ3) is 3.85. The number of carbonyl (C=O) groups excluding carboxylic acids is 1. The molecular formula is C17H25ClN4O. The number of nitrogens with zero attached hydrogens (tertiary/aromatic N) is 3. The minimum Gasteiger partial charge on any atom is -0.349 e. The van der Waals surface area contributed by atoms with Crippen LogP contribution in [0.5, 0.6) is 0 Å². The van der Waals surface area contributed by atoms with Crippen LogP contribution < -0.4 is 5.32 Å². The molecule has 2 heterocycles. The minimum absolute atomic E-state index is 0. The quantitative estimate of drug-likeness (QED) is 0.913. The van der Waals surface area contributed by atoms with E-state index in [-0.39, 0.29) is 24.4 Å². The Bertz CT molecular complexity index is 662. The van der Waals surface area contributed by atoms with Crippen LogP contribution in [0.3, 0.4) is 0 Å². The molecule has 0 saturated carbocycles. The molecule has 126 valence electrons. The Morgan fingerprint density at radius 3 is 2.65 bits per heavy atom. The number of hydrogen-bond donors (Lipinski definition) is 1. The van der Waals surface area contributed by atoms with Crippen molar-refractivity contribution in [3.63, 3.8) is 0 Å². The molecule has 0 atom stereocenters. The first-order chi connectivity index (χ1) is 10.7. The van der Waals surface area contributed by atoms with Crippen LogP contribution >= 0.6 is 12.4 Å². The molecule has 0 unspecified atom stereocenters. The molecule has 3 rings (SSSR count). The summed E-state index contributed by atoms with van der Waals surface area (Å²) in [6.07, 6.45) is 2.55. The number of likely N-dealkylation sites (tertiary alicyclic amines) is 1. The molecule has 23 heavy (non-hydrogen) atoms. The zero-order valence-electron chi connectivity index (χ0n) is 13.8. The topological polar surface area (TPSA) is 50.2 Å². The van der Waals surface area contributed by atoms with E-state index in [0.717, 1.165) is 30.5 Å². The lowest BCUT2D eigenvalue weighted by Crippen LogP contribution is -2.33. The number of amides is 1. The zero-order valence-corrected chi connectivity index (χ0v) is 14.6. The molecule has 1 aliphatic rings. The lowest BCUT2D eigenvalue weighted by molar-refractivity contribution is 0.0945. The van der Waals surface area contributed by atoms with Gasteiger partial charge in [-0.05, 0) is 45.8 Å². The molecule has 1 saturated heterocycles. The van der Waals surface area contributed by atoms with Crippen LogP contribution in [0.2, 0.25) is 0 Å². The van der Waals surface area contributed by atoms with Gasteiger partial charge in [-0.1, -0.05) is 18.2 Å². The van der Waals surface area contributed by atoms with Gasteiger partial charge in [-0.15, -0.1) is 12.4 Å². The molecule has 1 aromatic carbocycles. The molecule has 1 fully saturated rings. The van der Waals surface area contributed by atoms with E-state index in [9.17, 15) is 4.79 Å². The smallest absolute Gasteiger partial charge is 0.272 e. The number of hydrogen-bond acceptors (Lipinski definition) is 3. The summed E-state index contributed by atoms with van der Waals surface area (Å²) < 4.78 is 1.92. The normalized spacial score (nSPS) is 15.1. The van der Waals surface area contributed by atoms with Crippen LogP contribution in [-0.2, 0) is 0 Å². The summed E-state index contributed by atoms with van der Waals surface area (Å²) in [5, 5.41) is 8.47. The molecule has 6 heteroatoms. The third-order valence-electron chi connectivity index (χ3n) is 4.23. The first-order valence-corrected chi connectivity index (χ1v) is 8.14.